The highest BCUT2D eigenvalue weighted by atomic mass is 19.4. The third-order valence-corrected chi connectivity index (χ3v) is 16.9. The van der Waals surface area contributed by atoms with Crippen molar-refractivity contribution in [1.29, 1.82) is 15.8 Å². The highest BCUT2D eigenvalue weighted by molar-refractivity contribution is 6.14. The molecule has 0 radical (unpaired) electrons. The second kappa shape index (κ2) is 22.6. The number of nitriles is 3. The zero-order valence-electron chi connectivity index (χ0n) is 48.6. The lowest BCUT2D eigenvalue weighted by Crippen LogP contribution is -2.11. The number of hydrogen-bond donors (Lipinski definition) is 0. The highest BCUT2D eigenvalue weighted by Crippen LogP contribution is 2.49. The Hall–Kier alpha value is -13.0. The van der Waals surface area contributed by atoms with Gasteiger partial charge in [-0.2, -0.15) is 29.0 Å². The summed E-state index contributed by atoms with van der Waals surface area (Å²) >= 11 is 0. The van der Waals surface area contributed by atoms with Crippen LogP contribution in [0.1, 0.15) is 22.3 Å². The van der Waals surface area contributed by atoms with Crippen molar-refractivity contribution in [3.63, 3.8) is 0 Å². The zero-order chi connectivity index (χ0) is 62.6. The Morgan fingerprint density at radius 2 is 0.696 bits per heavy atom. The van der Waals surface area contributed by atoms with Gasteiger partial charge < -0.3 is 9.13 Å². The van der Waals surface area contributed by atoms with E-state index in [-0.39, 0.29) is 22.6 Å². The van der Waals surface area contributed by atoms with E-state index in [1.54, 1.807) is 36.4 Å². The van der Waals surface area contributed by atoms with Gasteiger partial charge in [-0.15, -0.1) is 0 Å². The van der Waals surface area contributed by atoms with Crippen LogP contribution < -0.4 is 0 Å². The van der Waals surface area contributed by atoms with Crippen molar-refractivity contribution in [2.45, 2.75) is 6.18 Å². The normalized spacial score (nSPS) is 11.4. The average molecular weight is 1190 g/mol. The second-order valence-electron chi connectivity index (χ2n) is 22.3. The van der Waals surface area contributed by atoms with Crippen molar-refractivity contribution in [3.05, 3.63) is 301 Å². The minimum absolute atomic E-state index is 0.124. The molecule has 0 atom stereocenters. The van der Waals surface area contributed by atoms with Gasteiger partial charge >= 0.3 is 6.18 Å². The lowest BCUT2D eigenvalue weighted by atomic mass is 9.93. The standard InChI is InChI=1S/C80H44F3N9/c1-87-63-24-11-23-57(40-63)61-30-35-73-67(44-61)66-43-60(56-22-10-15-51(39-56)48-86)29-34-72(66)92(73)75-26-12-25-69(80(81,82)83)76(75)68-45-62(79-89-77(52-16-4-2-5-17-52)88-78(90-79)53-18-6-3-7-19-53)31-36-74(68)91-70-32-27-58(54-20-8-13-49(37-54)46-84)41-64(70)65-42-59(28-33-71(65)91)55-21-9-14-50(38-55)47-85/h2-45H. The quantitative estimate of drug-likeness (QED) is 0.126. The predicted molar refractivity (Wildman–Crippen MR) is 357 cm³/mol. The van der Waals surface area contributed by atoms with Gasteiger partial charge in [0.1, 0.15) is 0 Å². The van der Waals surface area contributed by atoms with Crippen molar-refractivity contribution in [3.8, 4) is 119 Å². The van der Waals surface area contributed by atoms with Crippen LogP contribution in [0, 0.1) is 40.6 Å². The van der Waals surface area contributed by atoms with E-state index in [0.717, 1.165) is 72.1 Å². The number of alkyl halides is 3. The summed E-state index contributed by atoms with van der Waals surface area (Å²) in [6.07, 6.45) is -4.92. The number of nitrogens with zero attached hydrogens (tertiary/aromatic N) is 9. The first-order valence-corrected chi connectivity index (χ1v) is 29.4. The lowest BCUT2D eigenvalue weighted by molar-refractivity contribution is -0.137. The SMILES string of the molecule is [C-]#[N+]c1cccc(-c2ccc3c(c2)c2cc(-c4cccc(C#N)c4)ccc2n3-c2cccc(C(F)(F)F)c2-c2cc(-c3nc(-c4ccccc4)nc(-c4ccccc4)n3)ccc2-n2c3ccc(-c4cccc(C#N)c4)cc3c3cc(-c4cccc(C#N)c4)ccc32)c1. The molecular formula is C80H44F3N9. The number of hydrogen-bond acceptors (Lipinski definition) is 6. The highest BCUT2D eigenvalue weighted by Gasteiger charge is 2.37. The second-order valence-corrected chi connectivity index (χ2v) is 22.3. The molecule has 0 saturated carbocycles. The number of aromatic nitrogens is 5. The van der Waals surface area contributed by atoms with Crippen LogP contribution in [0.25, 0.3) is 150 Å². The van der Waals surface area contributed by atoms with E-state index < -0.39 is 11.7 Å². The first-order chi connectivity index (χ1) is 45.0. The molecule has 0 spiro atoms. The molecule has 0 aliphatic heterocycles. The van der Waals surface area contributed by atoms with Gasteiger partial charge in [-0.1, -0.05) is 146 Å². The van der Waals surface area contributed by atoms with Crippen LogP contribution in [0.5, 0.6) is 0 Å². The molecule has 3 aromatic heterocycles. The third-order valence-electron chi connectivity index (χ3n) is 16.9. The summed E-state index contributed by atoms with van der Waals surface area (Å²) in [4.78, 5) is 18.9. The lowest BCUT2D eigenvalue weighted by Gasteiger charge is -2.23. The topological polar surface area (TPSA) is 124 Å². The summed E-state index contributed by atoms with van der Waals surface area (Å²) in [5, 5.41) is 33.0. The fourth-order valence-electron chi connectivity index (χ4n) is 12.6. The van der Waals surface area contributed by atoms with Gasteiger partial charge in [-0.3, -0.25) is 0 Å². The van der Waals surface area contributed by atoms with Crippen LogP contribution >= 0.6 is 0 Å². The molecule has 0 fully saturated rings. The smallest absolute Gasteiger partial charge is 0.309 e. The van der Waals surface area contributed by atoms with Crippen molar-refractivity contribution < 1.29 is 13.2 Å². The summed E-state index contributed by atoms with van der Waals surface area (Å²) < 4.78 is 54.5. The third kappa shape index (κ3) is 9.90. The van der Waals surface area contributed by atoms with Gasteiger partial charge in [0.25, 0.3) is 0 Å². The summed E-state index contributed by atoms with van der Waals surface area (Å²) in [5.41, 5.74) is 12.6. The Labute approximate surface area is 525 Å². The van der Waals surface area contributed by atoms with E-state index in [2.05, 4.69) is 35.2 Å². The van der Waals surface area contributed by atoms with Crippen molar-refractivity contribution in [2.75, 3.05) is 0 Å². The van der Waals surface area contributed by atoms with Gasteiger partial charge in [0.2, 0.25) is 0 Å². The van der Waals surface area contributed by atoms with Gasteiger partial charge in [-0.25, -0.2) is 19.8 Å². The molecule has 430 valence electrons. The average Bonchev–Trinajstić information content (AvgIpc) is 1.53. The van der Waals surface area contributed by atoms with Gasteiger partial charge in [0, 0.05) is 49.4 Å². The maximum Gasteiger partial charge on any atom is 0.417 e. The molecule has 15 aromatic rings. The summed E-state index contributed by atoms with van der Waals surface area (Å²) in [6, 6.07) is 88.6. The number of rotatable bonds is 10. The summed E-state index contributed by atoms with van der Waals surface area (Å²) in [6.45, 7) is 7.82. The first kappa shape index (κ1) is 55.6. The maximum absolute atomic E-state index is 16.9. The molecule has 12 heteroatoms. The number of fused-ring (bicyclic) bond motifs is 6. The van der Waals surface area contributed by atoms with E-state index in [0.29, 0.717) is 78.5 Å². The number of halogens is 3. The molecule has 0 aliphatic rings. The molecule has 0 amide bonds. The molecule has 15 rings (SSSR count). The van der Waals surface area contributed by atoms with Crippen LogP contribution in [0.2, 0.25) is 0 Å². The van der Waals surface area contributed by atoms with Crippen LogP contribution in [0.3, 0.4) is 0 Å². The Morgan fingerprint density at radius 3 is 1.11 bits per heavy atom. The van der Waals surface area contributed by atoms with Gasteiger partial charge in [0.05, 0.1) is 80.5 Å². The zero-order valence-corrected chi connectivity index (χ0v) is 48.6. The molecule has 0 N–H and O–H groups in total. The Bertz CT molecular complexity index is 5410. The molecular weight excluding hydrogens is 1140 g/mol. The molecule has 0 unspecified atom stereocenters. The molecule has 92 heavy (non-hydrogen) atoms. The molecule has 3 heterocycles. The molecule has 9 nitrogen and oxygen atoms in total. The van der Waals surface area contributed by atoms with E-state index in [1.807, 2.05) is 215 Å². The van der Waals surface area contributed by atoms with E-state index in [1.165, 1.54) is 6.07 Å². The largest absolute Gasteiger partial charge is 0.417 e. The fourth-order valence-corrected chi connectivity index (χ4v) is 12.6. The maximum atomic E-state index is 16.9. The molecule has 0 saturated heterocycles. The predicted octanol–water partition coefficient (Wildman–Crippen LogP) is 20.6. The molecule has 0 aliphatic carbocycles. The molecule has 0 bridgehead atoms. The van der Waals surface area contributed by atoms with E-state index in [9.17, 15) is 15.8 Å². The minimum atomic E-state index is -4.92. The van der Waals surface area contributed by atoms with Crippen LogP contribution in [0.4, 0.5) is 18.9 Å². The monoisotopic (exact) mass is 1190 g/mol. The fraction of sp³-hybridized carbons (Fsp3) is 0.0125. The Morgan fingerprint density at radius 1 is 0.337 bits per heavy atom. The summed E-state index contributed by atoms with van der Waals surface area (Å²) in [5.74, 6) is 0.970. The first-order valence-electron chi connectivity index (χ1n) is 29.4. The van der Waals surface area contributed by atoms with Gasteiger partial charge in [-0.05, 0) is 166 Å². The summed E-state index contributed by atoms with van der Waals surface area (Å²) in [7, 11) is 0. The molecule has 12 aromatic carbocycles. The van der Waals surface area contributed by atoms with Crippen molar-refractivity contribution in [2.24, 2.45) is 0 Å². The van der Waals surface area contributed by atoms with E-state index in [4.69, 9.17) is 21.5 Å². The van der Waals surface area contributed by atoms with Crippen LogP contribution in [0.15, 0.2) is 267 Å². The Kier molecular flexibility index (Phi) is 13.7. The minimum Gasteiger partial charge on any atom is -0.309 e. The van der Waals surface area contributed by atoms with Crippen LogP contribution in [-0.2, 0) is 6.18 Å². The number of benzene rings is 12. The van der Waals surface area contributed by atoms with Crippen molar-refractivity contribution in [1.82, 2.24) is 24.1 Å². The Balaban J connectivity index is 1.06. The van der Waals surface area contributed by atoms with Crippen molar-refractivity contribution >= 4 is 49.3 Å². The van der Waals surface area contributed by atoms with Crippen LogP contribution in [-0.4, -0.2) is 24.1 Å². The van der Waals surface area contributed by atoms with Gasteiger partial charge in [0.15, 0.2) is 23.2 Å². The van der Waals surface area contributed by atoms with E-state index >= 15 is 13.2 Å².